The molecule has 4 heteroatoms. The summed E-state index contributed by atoms with van der Waals surface area (Å²) in [7, 11) is 0. The average Bonchev–Trinajstić information content (AvgIpc) is 2.85. The highest BCUT2D eigenvalue weighted by atomic mass is 16.6. The first-order chi connectivity index (χ1) is 7.36. The molecule has 0 aromatic carbocycles. The van der Waals surface area contributed by atoms with Gasteiger partial charge in [-0.1, -0.05) is 11.8 Å². The lowest BCUT2D eigenvalue weighted by molar-refractivity contribution is 0.161. The fourth-order valence-corrected chi connectivity index (χ4v) is 1.83. The van der Waals surface area contributed by atoms with Crippen molar-refractivity contribution in [2.24, 2.45) is 0 Å². The van der Waals surface area contributed by atoms with Crippen LogP contribution in [0.3, 0.4) is 0 Å². The Bertz CT molecular complexity index is 287. The Balaban J connectivity index is 1.68. The summed E-state index contributed by atoms with van der Waals surface area (Å²) in [6, 6.07) is 0. The molecule has 2 aliphatic heterocycles. The zero-order valence-electron chi connectivity index (χ0n) is 8.87. The maximum absolute atomic E-state index is 11.1. The average molecular weight is 208 g/mol. The maximum Gasteiger partial charge on any atom is 0.410 e. The Hall–Kier alpha value is -1.21. The van der Waals surface area contributed by atoms with E-state index < -0.39 is 0 Å². The predicted octanol–water partition coefficient (Wildman–Crippen LogP) is 0.538. The van der Waals surface area contributed by atoms with Crippen LogP contribution in [0.5, 0.6) is 0 Å². The van der Waals surface area contributed by atoms with E-state index in [1.165, 1.54) is 25.9 Å². The summed E-state index contributed by atoms with van der Waals surface area (Å²) in [6.07, 6.45) is 2.35. The van der Waals surface area contributed by atoms with Crippen LogP contribution >= 0.6 is 0 Å². The van der Waals surface area contributed by atoms with Crippen LogP contribution in [-0.2, 0) is 4.74 Å². The van der Waals surface area contributed by atoms with E-state index in [4.69, 9.17) is 4.74 Å². The molecule has 0 bridgehead atoms. The molecule has 2 aliphatic rings. The fourth-order valence-electron chi connectivity index (χ4n) is 1.83. The molecule has 2 rings (SSSR count). The largest absolute Gasteiger partial charge is 0.448 e. The van der Waals surface area contributed by atoms with Crippen molar-refractivity contribution >= 4 is 6.09 Å². The summed E-state index contributed by atoms with van der Waals surface area (Å²) in [5, 5.41) is 0. The van der Waals surface area contributed by atoms with Crippen molar-refractivity contribution in [3.8, 4) is 11.8 Å². The molecular weight excluding hydrogens is 192 g/mol. The zero-order chi connectivity index (χ0) is 10.5. The molecule has 0 aromatic rings. The minimum absolute atomic E-state index is 0.231. The normalized spacial score (nSPS) is 21.3. The lowest BCUT2D eigenvalue weighted by Crippen LogP contribution is -2.24. The second-order valence-corrected chi connectivity index (χ2v) is 3.87. The summed E-state index contributed by atoms with van der Waals surface area (Å²) < 4.78 is 4.80. The van der Waals surface area contributed by atoms with Crippen molar-refractivity contribution in [1.82, 2.24) is 9.80 Å². The van der Waals surface area contributed by atoms with Crippen molar-refractivity contribution < 1.29 is 9.53 Å². The van der Waals surface area contributed by atoms with Crippen LogP contribution in [-0.4, -0.2) is 55.2 Å². The van der Waals surface area contributed by atoms with Gasteiger partial charge in [0.05, 0.1) is 19.6 Å². The monoisotopic (exact) mass is 208 g/mol. The molecule has 0 radical (unpaired) electrons. The summed E-state index contributed by atoms with van der Waals surface area (Å²) in [5.41, 5.74) is 0. The summed E-state index contributed by atoms with van der Waals surface area (Å²) in [5.74, 6) is 6.12. The fraction of sp³-hybridized carbons (Fsp3) is 0.727. The summed E-state index contributed by atoms with van der Waals surface area (Å²) in [4.78, 5) is 15.0. The topological polar surface area (TPSA) is 32.8 Å². The number of carbonyl (C=O) groups excluding carboxylic acids is 1. The molecule has 2 saturated heterocycles. The number of carbonyl (C=O) groups is 1. The van der Waals surface area contributed by atoms with E-state index >= 15 is 0 Å². The zero-order valence-corrected chi connectivity index (χ0v) is 8.87. The van der Waals surface area contributed by atoms with Crippen molar-refractivity contribution in [1.29, 1.82) is 0 Å². The molecule has 0 aliphatic carbocycles. The van der Waals surface area contributed by atoms with Crippen LogP contribution < -0.4 is 0 Å². The second-order valence-electron chi connectivity index (χ2n) is 3.87. The van der Waals surface area contributed by atoms with E-state index in [1.54, 1.807) is 4.90 Å². The highest BCUT2D eigenvalue weighted by Crippen LogP contribution is 2.05. The van der Waals surface area contributed by atoms with Gasteiger partial charge in [-0.3, -0.25) is 9.80 Å². The van der Waals surface area contributed by atoms with E-state index in [1.807, 2.05) is 0 Å². The molecule has 82 valence electrons. The van der Waals surface area contributed by atoms with Gasteiger partial charge in [0.15, 0.2) is 0 Å². The smallest absolute Gasteiger partial charge is 0.410 e. The number of amides is 1. The van der Waals surface area contributed by atoms with Gasteiger partial charge in [0.1, 0.15) is 6.61 Å². The number of nitrogens with zero attached hydrogens (tertiary/aromatic N) is 2. The van der Waals surface area contributed by atoms with E-state index in [0.29, 0.717) is 19.7 Å². The molecule has 2 fully saturated rings. The lowest BCUT2D eigenvalue weighted by Gasteiger charge is -2.09. The van der Waals surface area contributed by atoms with E-state index in [-0.39, 0.29) is 6.09 Å². The lowest BCUT2D eigenvalue weighted by atomic mass is 10.4. The van der Waals surface area contributed by atoms with Gasteiger partial charge in [-0.2, -0.15) is 0 Å². The van der Waals surface area contributed by atoms with E-state index in [9.17, 15) is 4.79 Å². The van der Waals surface area contributed by atoms with Crippen LogP contribution in [0.1, 0.15) is 12.8 Å². The van der Waals surface area contributed by atoms with Crippen LogP contribution in [0.15, 0.2) is 0 Å². The van der Waals surface area contributed by atoms with Crippen molar-refractivity contribution in [2.45, 2.75) is 12.8 Å². The van der Waals surface area contributed by atoms with Gasteiger partial charge in [-0.25, -0.2) is 4.79 Å². The first-order valence-corrected chi connectivity index (χ1v) is 5.46. The Labute approximate surface area is 90.2 Å². The standard InChI is InChI=1S/C11H16N2O2/c14-11-13(9-10-15-11)8-4-3-7-12-5-1-2-6-12/h1-2,5-10H2. The summed E-state index contributed by atoms with van der Waals surface area (Å²) in [6.45, 7) is 4.86. The van der Waals surface area contributed by atoms with Gasteiger partial charge in [-0.15, -0.1) is 0 Å². The van der Waals surface area contributed by atoms with Crippen LogP contribution in [0.25, 0.3) is 0 Å². The molecule has 0 N–H and O–H groups in total. The number of hydrogen-bond donors (Lipinski definition) is 0. The van der Waals surface area contributed by atoms with Crippen LogP contribution in [0.2, 0.25) is 0 Å². The molecule has 0 spiro atoms. The number of ether oxygens (including phenoxy) is 1. The van der Waals surface area contributed by atoms with E-state index in [0.717, 1.165) is 6.54 Å². The predicted molar refractivity (Wildman–Crippen MR) is 56.4 cm³/mol. The van der Waals surface area contributed by atoms with Gasteiger partial charge >= 0.3 is 6.09 Å². The van der Waals surface area contributed by atoms with Crippen molar-refractivity contribution in [2.75, 3.05) is 39.3 Å². The molecule has 0 atom stereocenters. The first-order valence-electron chi connectivity index (χ1n) is 5.46. The highest BCUT2D eigenvalue weighted by Gasteiger charge is 2.20. The van der Waals surface area contributed by atoms with Gasteiger partial charge in [0.2, 0.25) is 0 Å². The van der Waals surface area contributed by atoms with Crippen molar-refractivity contribution in [3.05, 3.63) is 0 Å². The molecule has 0 aromatic heterocycles. The van der Waals surface area contributed by atoms with Gasteiger partial charge in [0.25, 0.3) is 0 Å². The van der Waals surface area contributed by atoms with E-state index in [2.05, 4.69) is 16.7 Å². The SMILES string of the molecule is O=C1OCCN1CC#CCN1CCCC1. The summed E-state index contributed by atoms with van der Waals surface area (Å²) >= 11 is 0. The second kappa shape index (κ2) is 5.04. The first kappa shape index (κ1) is 10.3. The number of rotatable bonds is 2. The highest BCUT2D eigenvalue weighted by molar-refractivity contribution is 5.69. The third kappa shape index (κ3) is 2.87. The maximum atomic E-state index is 11.1. The molecule has 0 saturated carbocycles. The third-order valence-electron chi connectivity index (χ3n) is 2.74. The Morgan fingerprint density at radius 3 is 2.53 bits per heavy atom. The molecule has 4 nitrogen and oxygen atoms in total. The van der Waals surface area contributed by atoms with Crippen LogP contribution in [0, 0.1) is 11.8 Å². The van der Waals surface area contributed by atoms with Crippen LogP contribution in [0.4, 0.5) is 4.79 Å². The van der Waals surface area contributed by atoms with Gasteiger partial charge in [-0.05, 0) is 25.9 Å². The minimum atomic E-state index is -0.231. The Morgan fingerprint density at radius 2 is 1.87 bits per heavy atom. The quantitative estimate of drug-likeness (QED) is 0.621. The number of likely N-dealkylation sites (tertiary alicyclic amines) is 1. The van der Waals surface area contributed by atoms with Crippen molar-refractivity contribution in [3.63, 3.8) is 0 Å². The third-order valence-corrected chi connectivity index (χ3v) is 2.74. The van der Waals surface area contributed by atoms with Gasteiger partial charge in [0, 0.05) is 0 Å². The molecular formula is C11H16N2O2. The Morgan fingerprint density at radius 1 is 1.13 bits per heavy atom. The molecule has 1 amide bonds. The number of hydrogen-bond acceptors (Lipinski definition) is 3. The number of cyclic esters (lactones) is 1. The van der Waals surface area contributed by atoms with Gasteiger partial charge < -0.3 is 4.74 Å². The minimum Gasteiger partial charge on any atom is -0.448 e. The molecule has 15 heavy (non-hydrogen) atoms. The molecule has 0 unspecified atom stereocenters. The Kier molecular flexibility index (Phi) is 3.46. The molecule has 2 heterocycles.